The minimum absolute atomic E-state index is 0.0663. The predicted molar refractivity (Wildman–Crippen MR) is 89.3 cm³/mol. The quantitative estimate of drug-likeness (QED) is 0.847. The highest BCUT2D eigenvalue weighted by Crippen LogP contribution is 2.20. The number of carbonyl (C=O) groups excluding carboxylic acids is 2. The molecule has 2 amide bonds. The van der Waals surface area contributed by atoms with E-state index in [1.54, 1.807) is 24.3 Å². The lowest BCUT2D eigenvalue weighted by Crippen LogP contribution is -2.14. The van der Waals surface area contributed by atoms with Gasteiger partial charge in [0.15, 0.2) is 0 Å². The summed E-state index contributed by atoms with van der Waals surface area (Å²) in [4.78, 5) is 23.8. The summed E-state index contributed by atoms with van der Waals surface area (Å²) in [7, 11) is 0. The zero-order chi connectivity index (χ0) is 16.8. The summed E-state index contributed by atoms with van der Waals surface area (Å²) in [5.41, 5.74) is 1.31. The number of hydrogen-bond acceptors (Lipinski definition) is 2. The second kappa shape index (κ2) is 7.74. The van der Waals surface area contributed by atoms with E-state index in [9.17, 15) is 14.0 Å². The summed E-state index contributed by atoms with van der Waals surface area (Å²) in [6.07, 6.45) is 1.17. The number of amides is 2. The molecule has 0 aliphatic carbocycles. The fourth-order valence-electron chi connectivity index (χ4n) is 1.97. The van der Waals surface area contributed by atoms with Crippen molar-refractivity contribution in [3.05, 3.63) is 58.9 Å². The molecule has 0 aliphatic rings. The third kappa shape index (κ3) is 4.79. The molecular formula is C17H16ClFN2O2. The lowest BCUT2D eigenvalue weighted by Gasteiger charge is -2.08. The summed E-state index contributed by atoms with van der Waals surface area (Å²) < 4.78 is 13.1. The monoisotopic (exact) mass is 334 g/mol. The first-order valence-electron chi connectivity index (χ1n) is 7.16. The largest absolute Gasteiger partial charge is 0.326 e. The van der Waals surface area contributed by atoms with Gasteiger partial charge < -0.3 is 10.6 Å². The molecule has 0 atom stereocenters. The van der Waals surface area contributed by atoms with Crippen molar-refractivity contribution in [2.45, 2.75) is 19.8 Å². The van der Waals surface area contributed by atoms with Gasteiger partial charge in [0, 0.05) is 23.4 Å². The molecule has 0 heterocycles. The van der Waals surface area contributed by atoms with Crippen molar-refractivity contribution in [1.29, 1.82) is 0 Å². The van der Waals surface area contributed by atoms with Crippen LogP contribution in [0.2, 0.25) is 5.02 Å². The molecule has 2 N–H and O–H groups in total. The third-order valence-electron chi connectivity index (χ3n) is 3.06. The minimum Gasteiger partial charge on any atom is -0.326 e. The molecule has 0 radical (unpaired) electrons. The van der Waals surface area contributed by atoms with Crippen LogP contribution in [-0.2, 0) is 4.79 Å². The standard InChI is InChI=1S/C17H16ClFN2O2/c1-2-4-16(22)20-12-6-3-5-11(9-12)17(23)21-13-7-8-15(19)14(18)10-13/h3,5-10H,2,4H2,1H3,(H,20,22)(H,21,23). The van der Waals surface area contributed by atoms with Gasteiger partial charge in [-0.05, 0) is 42.8 Å². The molecule has 0 fully saturated rings. The molecule has 6 heteroatoms. The van der Waals surface area contributed by atoms with E-state index < -0.39 is 5.82 Å². The van der Waals surface area contributed by atoms with Gasteiger partial charge in [-0.15, -0.1) is 0 Å². The predicted octanol–water partition coefficient (Wildman–Crippen LogP) is 4.47. The summed E-state index contributed by atoms with van der Waals surface area (Å²) in [6.45, 7) is 1.91. The van der Waals surface area contributed by atoms with Crippen molar-refractivity contribution in [2.75, 3.05) is 10.6 Å². The van der Waals surface area contributed by atoms with Crippen LogP contribution >= 0.6 is 11.6 Å². The number of benzene rings is 2. The number of anilines is 2. The summed E-state index contributed by atoms with van der Waals surface area (Å²) in [5, 5.41) is 5.29. The molecule has 0 spiro atoms. The van der Waals surface area contributed by atoms with Gasteiger partial charge in [0.05, 0.1) is 5.02 Å². The van der Waals surface area contributed by atoms with Crippen LogP contribution in [0.15, 0.2) is 42.5 Å². The Balaban J connectivity index is 2.10. The van der Waals surface area contributed by atoms with Crippen LogP contribution in [0.5, 0.6) is 0 Å². The lowest BCUT2D eigenvalue weighted by molar-refractivity contribution is -0.116. The fourth-order valence-corrected chi connectivity index (χ4v) is 2.15. The summed E-state index contributed by atoms with van der Waals surface area (Å²) in [5.74, 6) is -1.03. The Morgan fingerprint density at radius 3 is 2.52 bits per heavy atom. The molecular weight excluding hydrogens is 319 g/mol. The van der Waals surface area contributed by atoms with E-state index in [-0.39, 0.29) is 16.8 Å². The number of carbonyl (C=O) groups is 2. The van der Waals surface area contributed by atoms with Crippen LogP contribution in [0.1, 0.15) is 30.1 Å². The van der Waals surface area contributed by atoms with E-state index >= 15 is 0 Å². The van der Waals surface area contributed by atoms with Gasteiger partial charge in [-0.2, -0.15) is 0 Å². The van der Waals surface area contributed by atoms with Gasteiger partial charge >= 0.3 is 0 Å². The number of halogens is 2. The lowest BCUT2D eigenvalue weighted by atomic mass is 10.1. The molecule has 0 bridgehead atoms. The Morgan fingerprint density at radius 1 is 1.09 bits per heavy atom. The van der Waals surface area contributed by atoms with Gasteiger partial charge in [-0.1, -0.05) is 24.6 Å². The van der Waals surface area contributed by atoms with E-state index in [1.165, 1.54) is 18.2 Å². The van der Waals surface area contributed by atoms with Crippen LogP contribution in [0, 0.1) is 5.82 Å². The number of rotatable bonds is 5. The molecule has 0 aromatic heterocycles. The van der Waals surface area contributed by atoms with Gasteiger partial charge in [-0.25, -0.2) is 4.39 Å². The number of nitrogens with one attached hydrogen (secondary N) is 2. The van der Waals surface area contributed by atoms with Crippen molar-refractivity contribution < 1.29 is 14.0 Å². The van der Waals surface area contributed by atoms with E-state index in [2.05, 4.69) is 10.6 Å². The highest BCUT2D eigenvalue weighted by molar-refractivity contribution is 6.31. The second-order valence-electron chi connectivity index (χ2n) is 4.96. The van der Waals surface area contributed by atoms with Crippen molar-refractivity contribution in [3.8, 4) is 0 Å². The molecule has 0 saturated carbocycles. The molecule has 0 saturated heterocycles. The first kappa shape index (κ1) is 17.0. The van der Waals surface area contributed by atoms with Crippen molar-refractivity contribution in [1.82, 2.24) is 0 Å². The van der Waals surface area contributed by atoms with Crippen LogP contribution in [-0.4, -0.2) is 11.8 Å². The SMILES string of the molecule is CCCC(=O)Nc1cccc(C(=O)Nc2ccc(F)c(Cl)c2)c1. The molecule has 0 aliphatic heterocycles. The Kier molecular flexibility index (Phi) is 5.71. The normalized spacial score (nSPS) is 10.2. The summed E-state index contributed by atoms with van der Waals surface area (Å²) >= 11 is 5.68. The molecule has 0 unspecified atom stereocenters. The average Bonchev–Trinajstić information content (AvgIpc) is 2.51. The first-order chi connectivity index (χ1) is 11.0. The van der Waals surface area contributed by atoms with E-state index in [0.29, 0.717) is 23.4 Å². The first-order valence-corrected chi connectivity index (χ1v) is 7.53. The van der Waals surface area contributed by atoms with Crippen molar-refractivity contribution in [2.24, 2.45) is 0 Å². The second-order valence-corrected chi connectivity index (χ2v) is 5.37. The maximum atomic E-state index is 13.1. The third-order valence-corrected chi connectivity index (χ3v) is 3.35. The number of hydrogen-bond donors (Lipinski definition) is 2. The van der Waals surface area contributed by atoms with Crippen LogP contribution in [0.4, 0.5) is 15.8 Å². The van der Waals surface area contributed by atoms with Gasteiger partial charge in [0.1, 0.15) is 5.82 Å². The van der Waals surface area contributed by atoms with Gasteiger partial charge in [0.25, 0.3) is 5.91 Å². The molecule has 2 aromatic rings. The highest BCUT2D eigenvalue weighted by atomic mass is 35.5. The van der Waals surface area contributed by atoms with Gasteiger partial charge in [-0.3, -0.25) is 9.59 Å². The zero-order valence-electron chi connectivity index (χ0n) is 12.5. The van der Waals surface area contributed by atoms with Crippen LogP contribution in [0.25, 0.3) is 0 Å². The van der Waals surface area contributed by atoms with Crippen LogP contribution < -0.4 is 10.6 Å². The minimum atomic E-state index is -0.551. The Labute approximate surface area is 138 Å². The molecule has 2 rings (SSSR count). The molecule has 120 valence electrons. The van der Waals surface area contributed by atoms with Crippen LogP contribution in [0.3, 0.4) is 0 Å². The summed E-state index contributed by atoms with van der Waals surface area (Å²) in [6, 6.07) is 10.5. The van der Waals surface area contributed by atoms with Gasteiger partial charge in [0.2, 0.25) is 5.91 Å². The van der Waals surface area contributed by atoms with Crippen molar-refractivity contribution >= 4 is 34.8 Å². The molecule has 23 heavy (non-hydrogen) atoms. The highest BCUT2D eigenvalue weighted by Gasteiger charge is 2.09. The zero-order valence-corrected chi connectivity index (χ0v) is 13.3. The van der Waals surface area contributed by atoms with Crippen molar-refractivity contribution in [3.63, 3.8) is 0 Å². The molecule has 2 aromatic carbocycles. The van der Waals surface area contributed by atoms with E-state index in [0.717, 1.165) is 6.42 Å². The smallest absolute Gasteiger partial charge is 0.255 e. The Hall–Kier alpha value is -2.40. The Bertz CT molecular complexity index is 734. The van der Waals surface area contributed by atoms with E-state index in [1.807, 2.05) is 6.92 Å². The maximum Gasteiger partial charge on any atom is 0.255 e. The maximum absolute atomic E-state index is 13.1. The topological polar surface area (TPSA) is 58.2 Å². The van der Waals surface area contributed by atoms with E-state index in [4.69, 9.17) is 11.6 Å². The molecule has 4 nitrogen and oxygen atoms in total. The fraction of sp³-hybridized carbons (Fsp3) is 0.176. The Morgan fingerprint density at radius 2 is 1.83 bits per heavy atom. The average molecular weight is 335 g/mol.